The molecule has 0 unspecified atom stereocenters. The van der Waals surface area contributed by atoms with Gasteiger partial charge in [0.2, 0.25) is 0 Å². The monoisotopic (exact) mass is 379 g/mol. The zero-order valence-electron chi connectivity index (χ0n) is 15.2. The van der Waals surface area contributed by atoms with E-state index in [0.29, 0.717) is 19.5 Å². The zero-order valence-corrected chi connectivity index (χ0v) is 15.2. The van der Waals surface area contributed by atoms with Gasteiger partial charge in [0.05, 0.1) is 12.5 Å². The number of likely N-dealkylation sites (tertiary alicyclic amines) is 1. The van der Waals surface area contributed by atoms with Crippen LogP contribution in [0.2, 0.25) is 0 Å². The van der Waals surface area contributed by atoms with Crippen LogP contribution >= 0.6 is 0 Å². The van der Waals surface area contributed by atoms with E-state index in [1.54, 1.807) is 0 Å². The van der Waals surface area contributed by atoms with Gasteiger partial charge in [-0.2, -0.15) is 0 Å². The van der Waals surface area contributed by atoms with Crippen LogP contribution in [0, 0.1) is 5.92 Å². The summed E-state index contributed by atoms with van der Waals surface area (Å²) in [6.45, 7) is 3.44. The third-order valence-corrected chi connectivity index (χ3v) is 4.36. The number of benzene rings is 1. The lowest BCUT2D eigenvalue weighted by molar-refractivity contribution is -0.179. The van der Waals surface area contributed by atoms with Crippen molar-refractivity contribution in [2.24, 2.45) is 5.92 Å². The Kier molecular flexibility index (Phi) is 7.90. The molecule has 8 nitrogen and oxygen atoms in total. The van der Waals surface area contributed by atoms with Crippen molar-refractivity contribution in [3.8, 4) is 0 Å². The molecule has 1 aliphatic rings. The van der Waals surface area contributed by atoms with E-state index >= 15 is 0 Å². The molecule has 0 aliphatic carbocycles. The van der Waals surface area contributed by atoms with Crippen molar-refractivity contribution in [3.05, 3.63) is 35.9 Å². The fraction of sp³-hybridized carbons (Fsp3) is 0.526. The molecule has 27 heavy (non-hydrogen) atoms. The van der Waals surface area contributed by atoms with Gasteiger partial charge in [0.1, 0.15) is 0 Å². The first-order chi connectivity index (χ1) is 12.9. The van der Waals surface area contributed by atoms with E-state index in [2.05, 4.69) is 14.4 Å². The predicted octanol–water partition coefficient (Wildman–Crippen LogP) is 0.253. The van der Waals surface area contributed by atoms with Crippen LogP contribution in [0.25, 0.3) is 0 Å². The van der Waals surface area contributed by atoms with Crippen LogP contribution in [0.15, 0.2) is 30.3 Å². The molecule has 8 heteroatoms. The van der Waals surface area contributed by atoms with Gasteiger partial charge in [-0.25, -0.2) is 9.59 Å². The maximum Gasteiger partial charge on any atom is 0.346 e. The second-order valence-electron chi connectivity index (χ2n) is 6.44. The number of esters is 3. The highest BCUT2D eigenvalue weighted by Crippen LogP contribution is 2.20. The van der Waals surface area contributed by atoms with Gasteiger partial charge >= 0.3 is 17.9 Å². The van der Waals surface area contributed by atoms with E-state index in [0.717, 1.165) is 18.5 Å². The Morgan fingerprint density at radius 3 is 2.48 bits per heavy atom. The number of aliphatic hydroxyl groups is 2. The smallest absolute Gasteiger partial charge is 0.346 e. The van der Waals surface area contributed by atoms with Gasteiger partial charge in [-0.1, -0.05) is 30.3 Å². The maximum atomic E-state index is 12.3. The SMILES string of the molecule is CCOC(=O)[C@@H](O)[C@H](O)C(=O)OC(=O)[C@H]1CCCN(Cc2ccccc2)C1. The third-order valence-electron chi connectivity index (χ3n) is 4.36. The Morgan fingerprint density at radius 1 is 1.15 bits per heavy atom. The summed E-state index contributed by atoms with van der Waals surface area (Å²) in [7, 11) is 0. The molecular weight excluding hydrogens is 354 g/mol. The Hall–Kier alpha value is -2.29. The average Bonchev–Trinajstić information content (AvgIpc) is 2.68. The highest BCUT2D eigenvalue weighted by atomic mass is 16.6. The molecule has 1 fully saturated rings. The standard InChI is InChI=1S/C19H25NO7/c1-2-26-18(24)15(21)16(22)19(25)27-17(23)14-9-6-10-20(12-14)11-13-7-4-3-5-8-13/h3-5,7-8,14-16,21-22H,2,6,9-12H2,1H3/t14-,15-,16-/m0/s1. The van der Waals surface area contributed by atoms with E-state index in [1.807, 2.05) is 30.3 Å². The Morgan fingerprint density at radius 2 is 1.81 bits per heavy atom. The first kappa shape index (κ1) is 21.0. The second kappa shape index (κ2) is 10.1. The zero-order chi connectivity index (χ0) is 19.8. The van der Waals surface area contributed by atoms with Crippen molar-refractivity contribution in [3.63, 3.8) is 0 Å². The summed E-state index contributed by atoms with van der Waals surface area (Å²) >= 11 is 0. The summed E-state index contributed by atoms with van der Waals surface area (Å²) < 4.78 is 9.20. The highest BCUT2D eigenvalue weighted by Gasteiger charge is 2.36. The van der Waals surface area contributed by atoms with Crippen LogP contribution in [-0.4, -0.2) is 64.9 Å². The minimum Gasteiger partial charge on any atom is -0.464 e. The van der Waals surface area contributed by atoms with E-state index in [-0.39, 0.29) is 6.61 Å². The van der Waals surface area contributed by atoms with Crippen molar-refractivity contribution in [1.29, 1.82) is 0 Å². The second-order valence-corrected chi connectivity index (χ2v) is 6.44. The lowest BCUT2D eigenvalue weighted by Crippen LogP contribution is -2.44. The number of ether oxygens (including phenoxy) is 2. The Labute approximate surface area is 157 Å². The molecule has 3 atom stereocenters. The van der Waals surface area contributed by atoms with Gasteiger partial charge in [0.25, 0.3) is 0 Å². The molecule has 2 N–H and O–H groups in total. The summed E-state index contributed by atoms with van der Waals surface area (Å²) in [5.41, 5.74) is 1.12. The summed E-state index contributed by atoms with van der Waals surface area (Å²) in [6, 6.07) is 9.82. The van der Waals surface area contributed by atoms with E-state index in [4.69, 9.17) is 0 Å². The largest absolute Gasteiger partial charge is 0.464 e. The summed E-state index contributed by atoms with van der Waals surface area (Å²) in [5.74, 6) is -3.80. The minimum atomic E-state index is -2.17. The van der Waals surface area contributed by atoms with E-state index in [9.17, 15) is 24.6 Å². The summed E-state index contributed by atoms with van der Waals surface area (Å²) in [4.78, 5) is 37.6. The number of carbonyl (C=O) groups is 3. The molecule has 148 valence electrons. The van der Waals surface area contributed by atoms with Crippen LogP contribution in [-0.2, 0) is 30.4 Å². The number of nitrogens with zero attached hydrogens (tertiary/aromatic N) is 1. The van der Waals surface area contributed by atoms with Crippen LogP contribution in [0.4, 0.5) is 0 Å². The summed E-state index contributed by atoms with van der Waals surface area (Å²) in [6.07, 6.45) is -2.92. The molecule has 0 amide bonds. The molecule has 1 aromatic rings. The third kappa shape index (κ3) is 6.13. The molecule has 1 aromatic carbocycles. The first-order valence-corrected chi connectivity index (χ1v) is 8.97. The van der Waals surface area contributed by atoms with Gasteiger partial charge in [0, 0.05) is 13.1 Å². The van der Waals surface area contributed by atoms with Crippen molar-refractivity contribution >= 4 is 17.9 Å². The van der Waals surface area contributed by atoms with Gasteiger partial charge < -0.3 is 19.7 Å². The Bertz CT molecular complexity index is 649. The molecule has 0 aromatic heterocycles. The number of hydrogen-bond acceptors (Lipinski definition) is 8. The van der Waals surface area contributed by atoms with Crippen LogP contribution < -0.4 is 0 Å². The number of hydrogen-bond donors (Lipinski definition) is 2. The van der Waals surface area contributed by atoms with Gasteiger partial charge in [-0.15, -0.1) is 0 Å². The summed E-state index contributed by atoms with van der Waals surface area (Å²) in [5, 5.41) is 19.3. The molecule has 0 radical (unpaired) electrons. The highest BCUT2D eigenvalue weighted by molar-refractivity contribution is 5.92. The molecule has 1 heterocycles. The van der Waals surface area contributed by atoms with Crippen LogP contribution in [0.1, 0.15) is 25.3 Å². The average molecular weight is 379 g/mol. The van der Waals surface area contributed by atoms with Crippen molar-refractivity contribution < 1.29 is 34.1 Å². The molecular formula is C19H25NO7. The molecule has 0 bridgehead atoms. The predicted molar refractivity (Wildman–Crippen MR) is 94.2 cm³/mol. The normalized spacial score (nSPS) is 19.7. The number of piperidine rings is 1. The lowest BCUT2D eigenvalue weighted by Gasteiger charge is -2.31. The van der Waals surface area contributed by atoms with Crippen LogP contribution in [0.3, 0.4) is 0 Å². The number of carbonyl (C=O) groups excluding carboxylic acids is 3. The molecule has 1 aliphatic heterocycles. The van der Waals surface area contributed by atoms with E-state index in [1.165, 1.54) is 6.92 Å². The van der Waals surface area contributed by atoms with Crippen molar-refractivity contribution in [2.75, 3.05) is 19.7 Å². The molecule has 1 saturated heterocycles. The fourth-order valence-electron chi connectivity index (χ4n) is 2.96. The fourth-order valence-corrected chi connectivity index (χ4v) is 2.96. The minimum absolute atomic E-state index is 0.0179. The van der Waals surface area contributed by atoms with Gasteiger partial charge in [-0.05, 0) is 31.9 Å². The quantitative estimate of drug-likeness (QED) is 0.512. The lowest BCUT2D eigenvalue weighted by atomic mass is 9.97. The topological polar surface area (TPSA) is 113 Å². The first-order valence-electron chi connectivity index (χ1n) is 8.97. The molecule has 2 rings (SSSR count). The Balaban J connectivity index is 1.87. The maximum absolute atomic E-state index is 12.3. The molecule has 0 spiro atoms. The van der Waals surface area contributed by atoms with Crippen molar-refractivity contribution in [1.82, 2.24) is 4.90 Å². The number of aliphatic hydroxyl groups excluding tert-OH is 2. The van der Waals surface area contributed by atoms with Crippen LogP contribution in [0.5, 0.6) is 0 Å². The number of rotatable bonds is 7. The molecule has 0 saturated carbocycles. The van der Waals surface area contributed by atoms with Gasteiger partial charge in [-0.3, -0.25) is 9.69 Å². The van der Waals surface area contributed by atoms with Crippen molar-refractivity contribution in [2.45, 2.75) is 38.5 Å². The van der Waals surface area contributed by atoms with Gasteiger partial charge in [0.15, 0.2) is 12.2 Å². The van der Waals surface area contributed by atoms with E-state index < -0.39 is 36.0 Å².